The van der Waals surface area contributed by atoms with Gasteiger partial charge < -0.3 is 9.64 Å². The van der Waals surface area contributed by atoms with E-state index in [1.54, 1.807) is 6.07 Å². The topological polar surface area (TPSA) is 15.7 Å². The van der Waals surface area contributed by atoms with Gasteiger partial charge >= 0.3 is 12.4 Å². The van der Waals surface area contributed by atoms with Crippen LogP contribution in [0.25, 0.3) is 0 Å². The van der Waals surface area contributed by atoms with Gasteiger partial charge in [0.1, 0.15) is 5.75 Å². The molecule has 0 saturated carbocycles. The van der Waals surface area contributed by atoms with Gasteiger partial charge in [-0.15, -0.1) is 0 Å². The Bertz CT molecular complexity index is 1060. The van der Waals surface area contributed by atoms with Crippen LogP contribution >= 0.6 is 0 Å². The van der Waals surface area contributed by atoms with Crippen molar-refractivity contribution in [3.05, 3.63) is 64.2 Å². The van der Waals surface area contributed by atoms with Crippen molar-refractivity contribution in [1.82, 2.24) is 9.80 Å². The van der Waals surface area contributed by atoms with Crippen molar-refractivity contribution < 1.29 is 31.1 Å². The van der Waals surface area contributed by atoms with Crippen LogP contribution in [0.3, 0.4) is 0 Å². The molecule has 0 N–H and O–H groups in total. The number of halogens is 6. The molecule has 0 aliphatic carbocycles. The van der Waals surface area contributed by atoms with Crippen molar-refractivity contribution in [2.75, 3.05) is 39.3 Å². The molecular weight excluding hydrogens is 494 g/mol. The largest absolute Gasteiger partial charge is 0.494 e. The summed E-state index contributed by atoms with van der Waals surface area (Å²) in [5.41, 5.74) is -0.749. The van der Waals surface area contributed by atoms with Crippen molar-refractivity contribution in [3.8, 4) is 5.75 Å². The zero-order chi connectivity index (χ0) is 26.2. The lowest BCUT2D eigenvalue weighted by atomic mass is 9.80. The molecule has 3 nitrogen and oxygen atoms in total. The number of ether oxygens (including phenoxy) is 1. The third-order valence-corrected chi connectivity index (χ3v) is 7.92. The summed E-state index contributed by atoms with van der Waals surface area (Å²) in [5.74, 6) is 0.116. The molecule has 0 bridgehead atoms. The molecule has 2 atom stereocenters. The number of fused-ring (bicyclic) bond motifs is 3. The van der Waals surface area contributed by atoms with Crippen LogP contribution in [0.1, 0.15) is 78.3 Å². The first-order chi connectivity index (χ1) is 17.6. The Labute approximate surface area is 213 Å². The molecule has 0 amide bonds. The van der Waals surface area contributed by atoms with E-state index in [2.05, 4.69) is 9.80 Å². The molecule has 2 aromatic rings. The zero-order valence-electron chi connectivity index (χ0n) is 20.7. The normalized spacial score (nSPS) is 23.1. The van der Waals surface area contributed by atoms with Crippen molar-refractivity contribution in [2.24, 2.45) is 0 Å². The molecule has 2 unspecified atom stereocenters. The molecule has 2 saturated heterocycles. The predicted molar refractivity (Wildman–Crippen MR) is 129 cm³/mol. The van der Waals surface area contributed by atoms with Crippen LogP contribution in [-0.2, 0) is 12.4 Å². The number of rotatable bonds is 6. The maximum Gasteiger partial charge on any atom is 0.416 e. The van der Waals surface area contributed by atoms with Crippen molar-refractivity contribution in [1.29, 1.82) is 0 Å². The Morgan fingerprint density at radius 1 is 0.784 bits per heavy atom. The highest BCUT2D eigenvalue weighted by molar-refractivity contribution is 5.48. The highest BCUT2D eigenvalue weighted by Gasteiger charge is 2.41. The van der Waals surface area contributed by atoms with E-state index < -0.39 is 29.4 Å². The molecule has 3 heterocycles. The third-order valence-electron chi connectivity index (χ3n) is 7.92. The third kappa shape index (κ3) is 5.93. The number of likely N-dealkylation sites (tertiary alicyclic amines) is 1. The molecular formula is C28H32F6N2O. The van der Waals surface area contributed by atoms with E-state index >= 15 is 0 Å². The lowest BCUT2D eigenvalue weighted by molar-refractivity contribution is -0.143. The summed E-state index contributed by atoms with van der Waals surface area (Å²) in [6.45, 7) is 4.97. The molecule has 2 fully saturated rings. The van der Waals surface area contributed by atoms with E-state index in [0.29, 0.717) is 18.9 Å². The smallest absolute Gasteiger partial charge is 0.416 e. The van der Waals surface area contributed by atoms with Crippen LogP contribution in [0.2, 0.25) is 0 Å². The standard InChI is InChI=1S/C28H32F6N2O/c29-27(30,31)20-14-19(15-21(16-20)28(32,33)34)25-18-36-12-4-6-26(36)24-17-22(7-8-23(24)25)37-13-5-11-35-9-2-1-3-10-35/h7-8,14-17,25-26H,1-6,9-13,18H2. The Balaban J connectivity index is 1.40. The Kier molecular flexibility index (Phi) is 7.47. The van der Waals surface area contributed by atoms with Gasteiger partial charge in [0.25, 0.3) is 0 Å². The van der Waals surface area contributed by atoms with Crippen LogP contribution in [-0.4, -0.2) is 49.1 Å². The minimum Gasteiger partial charge on any atom is -0.494 e. The number of alkyl halides is 6. The maximum absolute atomic E-state index is 13.5. The second-order valence-corrected chi connectivity index (χ2v) is 10.4. The van der Waals surface area contributed by atoms with E-state index in [9.17, 15) is 26.3 Å². The summed E-state index contributed by atoms with van der Waals surface area (Å²) in [6, 6.07) is 7.65. The molecule has 0 radical (unpaired) electrons. The van der Waals surface area contributed by atoms with E-state index in [0.717, 1.165) is 68.7 Å². The van der Waals surface area contributed by atoms with E-state index in [4.69, 9.17) is 4.74 Å². The first kappa shape index (κ1) is 26.4. The fourth-order valence-electron chi connectivity index (χ4n) is 6.10. The minimum atomic E-state index is -4.87. The number of hydrogen-bond acceptors (Lipinski definition) is 3. The maximum atomic E-state index is 13.5. The Hall–Kier alpha value is -2.26. The lowest BCUT2D eigenvalue weighted by Crippen LogP contribution is -2.34. The highest BCUT2D eigenvalue weighted by atomic mass is 19.4. The SMILES string of the molecule is FC(F)(F)c1cc(C2CN3CCCC3c3cc(OCCCN4CCCCC4)ccc32)cc(C(F)(F)F)c1. The quantitative estimate of drug-likeness (QED) is 0.291. The average Bonchev–Trinajstić information content (AvgIpc) is 3.34. The highest BCUT2D eigenvalue weighted by Crippen LogP contribution is 2.47. The van der Waals surface area contributed by atoms with Gasteiger partial charge in [0, 0.05) is 25.0 Å². The lowest BCUT2D eigenvalue weighted by Gasteiger charge is -2.38. The molecule has 5 rings (SSSR count). The average molecular weight is 527 g/mol. The second kappa shape index (κ2) is 10.5. The first-order valence-corrected chi connectivity index (χ1v) is 13.1. The molecule has 0 aromatic heterocycles. The van der Waals surface area contributed by atoms with Crippen molar-refractivity contribution in [3.63, 3.8) is 0 Å². The monoisotopic (exact) mass is 526 g/mol. The van der Waals surface area contributed by atoms with Crippen LogP contribution in [0.15, 0.2) is 36.4 Å². The van der Waals surface area contributed by atoms with E-state index in [-0.39, 0.29) is 17.7 Å². The number of piperidine rings is 1. The van der Waals surface area contributed by atoms with Gasteiger partial charge in [-0.1, -0.05) is 12.5 Å². The fraction of sp³-hybridized carbons (Fsp3) is 0.571. The molecule has 202 valence electrons. The summed E-state index contributed by atoms with van der Waals surface area (Å²) in [5, 5.41) is 0. The van der Waals surface area contributed by atoms with Gasteiger partial charge in [-0.3, -0.25) is 4.90 Å². The van der Waals surface area contributed by atoms with Crippen LogP contribution in [0, 0.1) is 0 Å². The molecule has 9 heteroatoms. The Morgan fingerprint density at radius 2 is 1.49 bits per heavy atom. The predicted octanol–water partition coefficient (Wildman–Crippen LogP) is 7.26. The summed E-state index contributed by atoms with van der Waals surface area (Å²) >= 11 is 0. The number of benzene rings is 2. The van der Waals surface area contributed by atoms with Crippen LogP contribution in [0.5, 0.6) is 5.75 Å². The fourth-order valence-corrected chi connectivity index (χ4v) is 6.10. The van der Waals surface area contributed by atoms with Gasteiger partial charge in [-0.05, 0) is 98.8 Å². The minimum absolute atomic E-state index is 0.0453. The van der Waals surface area contributed by atoms with Crippen molar-refractivity contribution in [2.45, 2.75) is 62.8 Å². The van der Waals surface area contributed by atoms with Crippen LogP contribution < -0.4 is 4.74 Å². The van der Waals surface area contributed by atoms with Crippen LogP contribution in [0.4, 0.5) is 26.3 Å². The van der Waals surface area contributed by atoms with Gasteiger partial charge in [0.05, 0.1) is 17.7 Å². The summed E-state index contributed by atoms with van der Waals surface area (Å²) < 4.78 is 87.3. The van der Waals surface area contributed by atoms with E-state index in [1.807, 2.05) is 12.1 Å². The molecule has 3 aliphatic rings. The summed E-state index contributed by atoms with van der Waals surface area (Å²) in [7, 11) is 0. The first-order valence-electron chi connectivity index (χ1n) is 13.1. The van der Waals surface area contributed by atoms with Gasteiger partial charge in [0.15, 0.2) is 0 Å². The van der Waals surface area contributed by atoms with Gasteiger partial charge in [0.2, 0.25) is 0 Å². The van der Waals surface area contributed by atoms with Gasteiger partial charge in [-0.2, -0.15) is 26.3 Å². The zero-order valence-corrected chi connectivity index (χ0v) is 20.7. The molecule has 37 heavy (non-hydrogen) atoms. The molecule has 3 aliphatic heterocycles. The summed E-state index contributed by atoms with van der Waals surface area (Å²) in [6.07, 6.45) is -3.21. The second-order valence-electron chi connectivity index (χ2n) is 10.4. The van der Waals surface area contributed by atoms with E-state index in [1.165, 1.54) is 19.3 Å². The van der Waals surface area contributed by atoms with Gasteiger partial charge in [-0.25, -0.2) is 0 Å². The number of hydrogen-bond donors (Lipinski definition) is 0. The molecule has 2 aromatic carbocycles. The molecule has 0 spiro atoms. The number of nitrogens with zero attached hydrogens (tertiary/aromatic N) is 2. The van der Waals surface area contributed by atoms with Crippen molar-refractivity contribution >= 4 is 0 Å². The Morgan fingerprint density at radius 3 is 2.16 bits per heavy atom. The summed E-state index contributed by atoms with van der Waals surface area (Å²) in [4.78, 5) is 4.63.